The predicted molar refractivity (Wildman–Crippen MR) is 61.4 cm³/mol. The second-order valence-corrected chi connectivity index (χ2v) is 4.29. The Morgan fingerprint density at radius 3 is 2.71 bits per heavy atom. The van der Waals surface area contributed by atoms with Gasteiger partial charge in [0.2, 0.25) is 0 Å². The zero-order valence-corrected chi connectivity index (χ0v) is 10.4. The number of ketones is 1. The van der Waals surface area contributed by atoms with Crippen molar-refractivity contribution in [1.29, 1.82) is 5.26 Å². The zero-order chi connectivity index (χ0) is 10.6. The van der Waals surface area contributed by atoms with Gasteiger partial charge >= 0.3 is 0 Å². The maximum Gasteiger partial charge on any atom is 0.147 e. The molecule has 2 nitrogen and oxygen atoms in total. The third kappa shape index (κ3) is 3.24. The van der Waals surface area contributed by atoms with Gasteiger partial charge in [0.1, 0.15) is 5.78 Å². The molecule has 0 N–H and O–H groups in total. The highest BCUT2D eigenvalue weighted by Gasteiger charge is 2.04. The summed E-state index contributed by atoms with van der Waals surface area (Å²) in [7, 11) is 0. The van der Waals surface area contributed by atoms with Crippen molar-refractivity contribution < 1.29 is 4.79 Å². The van der Waals surface area contributed by atoms with Gasteiger partial charge in [-0.15, -0.1) is 0 Å². The molecule has 4 heteroatoms. The molecule has 0 aliphatic carbocycles. The number of Topliss-reactive ketones (excluding diaryl/α,β-unsaturated/α-hetero) is 1. The van der Waals surface area contributed by atoms with Gasteiger partial charge in [0, 0.05) is 10.9 Å². The van der Waals surface area contributed by atoms with Crippen LogP contribution in [0.25, 0.3) is 0 Å². The van der Waals surface area contributed by atoms with E-state index in [2.05, 4.69) is 31.9 Å². The van der Waals surface area contributed by atoms with Crippen LogP contribution in [0.3, 0.4) is 0 Å². The summed E-state index contributed by atoms with van der Waals surface area (Å²) in [5.41, 5.74) is 1.43. The lowest BCUT2D eigenvalue weighted by Crippen LogP contribution is -2.03. The Hall–Kier alpha value is -0.660. The molecule has 1 rings (SSSR count). The van der Waals surface area contributed by atoms with Crippen molar-refractivity contribution >= 4 is 37.6 Å². The van der Waals surface area contributed by atoms with Crippen LogP contribution in [0, 0.1) is 11.3 Å². The third-order valence-electron chi connectivity index (χ3n) is 1.64. The molecular weight excluding hydrogens is 310 g/mol. The Morgan fingerprint density at radius 1 is 1.43 bits per heavy atom. The molecule has 0 heterocycles. The average molecular weight is 317 g/mol. The minimum absolute atomic E-state index is 0.104. The summed E-state index contributed by atoms with van der Waals surface area (Å²) < 4.78 is 0.828. The standard InChI is InChI=1S/C10H7Br2NO/c11-5-10(14)4-7-1-8(6-13)3-9(12)2-7/h1-3H,4-5H2. The molecule has 0 saturated heterocycles. The molecule has 0 radical (unpaired) electrons. The number of nitrogens with zero attached hydrogens (tertiary/aromatic N) is 1. The lowest BCUT2D eigenvalue weighted by atomic mass is 10.1. The number of alkyl halides is 1. The number of halogens is 2. The fraction of sp³-hybridized carbons (Fsp3) is 0.200. The summed E-state index contributed by atoms with van der Waals surface area (Å²) in [6.45, 7) is 0. The maximum absolute atomic E-state index is 11.1. The summed E-state index contributed by atoms with van der Waals surface area (Å²) in [5.74, 6) is 0.104. The van der Waals surface area contributed by atoms with Crippen molar-refractivity contribution in [3.05, 3.63) is 33.8 Å². The van der Waals surface area contributed by atoms with E-state index in [1.807, 2.05) is 12.1 Å². The fourth-order valence-corrected chi connectivity index (χ4v) is 1.83. The summed E-state index contributed by atoms with van der Waals surface area (Å²) in [4.78, 5) is 11.1. The fourth-order valence-electron chi connectivity index (χ4n) is 1.09. The van der Waals surface area contributed by atoms with E-state index >= 15 is 0 Å². The summed E-state index contributed by atoms with van der Waals surface area (Å²) in [6, 6.07) is 7.35. The normalized spacial score (nSPS) is 9.50. The van der Waals surface area contributed by atoms with Crippen molar-refractivity contribution in [2.24, 2.45) is 0 Å². The minimum Gasteiger partial charge on any atom is -0.298 e. The molecule has 0 aliphatic rings. The van der Waals surface area contributed by atoms with Crippen LogP contribution in [0.15, 0.2) is 22.7 Å². The van der Waals surface area contributed by atoms with Gasteiger partial charge in [-0.2, -0.15) is 5.26 Å². The van der Waals surface area contributed by atoms with Gasteiger partial charge in [-0.1, -0.05) is 31.9 Å². The third-order valence-corrected chi connectivity index (χ3v) is 2.72. The first-order valence-electron chi connectivity index (χ1n) is 3.93. The number of nitriles is 1. The second-order valence-electron chi connectivity index (χ2n) is 2.81. The van der Waals surface area contributed by atoms with Gasteiger partial charge in [0.05, 0.1) is 17.0 Å². The van der Waals surface area contributed by atoms with E-state index in [4.69, 9.17) is 5.26 Å². The minimum atomic E-state index is 0.104. The molecule has 0 aromatic heterocycles. The van der Waals surface area contributed by atoms with Crippen LogP contribution in [0.1, 0.15) is 11.1 Å². The molecule has 0 fully saturated rings. The van der Waals surface area contributed by atoms with Gasteiger partial charge < -0.3 is 0 Å². The molecule has 0 aliphatic heterocycles. The Balaban J connectivity index is 2.93. The highest BCUT2D eigenvalue weighted by Crippen LogP contribution is 2.16. The maximum atomic E-state index is 11.1. The van der Waals surface area contributed by atoms with Crippen molar-refractivity contribution in [2.75, 3.05) is 5.33 Å². The summed E-state index contributed by atoms with van der Waals surface area (Å²) >= 11 is 6.39. The Kier molecular flexibility index (Phi) is 4.30. The molecule has 0 spiro atoms. The van der Waals surface area contributed by atoms with Crippen LogP contribution in [-0.4, -0.2) is 11.1 Å². The number of rotatable bonds is 3. The Morgan fingerprint density at radius 2 is 2.14 bits per heavy atom. The van der Waals surface area contributed by atoms with E-state index in [0.717, 1.165) is 10.0 Å². The van der Waals surface area contributed by atoms with Gasteiger partial charge in [0.25, 0.3) is 0 Å². The highest BCUT2D eigenvalue weighted by molar-refractivity contribution is 9.10. The van der Waals surface area contributed by atoms with Crippen LogP contribution < -0.4 is 0 Å². The number of hydrogen-bond donors (Lipinski definition) is 0. The van der Waals surface area contributed by atoms with Crippen LogP contribution in [0.5, 0.6) is 0 Å². The second kappa shape index (κ2) is 5.28. The van der Waals surface area contributed by atoms with Crippen molar-refractivity contribution in [2.45, 2.75) is 6.42 Å². The largest absolute Gasteiger partial charge is 0.298 e. The molecule has 14 heavy (non-hydrogen) atoms. The van der Waals surface area contributed by atoms with Gasteiger partial charge in [-0.3, -0.25) is 4.79 Å². The number of benzene rings is 1. The lowest BCUT2D eigenvalue weighted by molar-refractivity contribution is -0.115. The number of carbonyl (C=O) groups is 1. The highest BCUT2D eigenvalue weighted by atomic mass is 79.9. The molecule has 0 unspecified atom stereocenters. The first-order chi connectivity index (χ1) is 6.65. The molecule has 0 amide bonds. The van der Waals surface area contributed by atoms with Crippen LogP contribution >= 0.6 is 31.9 Å². The smallest absolute Gasteiger partial charge is 0.147 e. The number of carbonyl (C=O) groups excluding carboxylic acids is 1. The van der Waals surface area contributed by atoms with Crippen molar-refractivity contribution in [3.8, 4) is 6.07 Å². The first-order valence-corrected chi connectivity index (χ1v) is 5.84. The Bertz CT molecular complexity index is 396. The van der Waals surface area contributed by atoms with E-state index in [1.165, 1.54) is 0 Å². The number of hydrogen-bond acceptors (Lipinski definition) is 2. The van der Waals surface area contributed by atoms with Gasteiger partial charge in [-0.05, 0) is 23.8 Å². The van der Waals surface area contributed by atoms with E-state index in [1.54, 1.807) is 12.1 Å². The van der Waals surface area contributed by atoms with E-state index in [-0.39, 0.29) is 5.78 Å². The van der Waals surface area contributed by atoms with Gasteiger partial charge in [-0.25, -0.2) is 0 Å². The lowest BCUT2D eigenvalue weighted by Gasteiger charge is -2.00. The first kappa shape index (κ1) is 11.4. The van der Waals surface area contributed by atoms with E-state index in [0.29, 0.717) is 17.3 Å². The molecule has 0 bridgehead atoms. The molecule has 0 saturated carbocycles. The SMILES string of the molecule is N#Cc1cc(Br)cc(CC(=O)CBr)c1. The van der Waals surface area contributed by atoms with Crippen LogP contribution in [0.2, 0.25) is 0 Å². The van der Waals surface area contributed by atoms with Crippen molar-refractivity contribution in [3.63, 3.8) is 0 Å². The van der Waals surface area contributed by atoms with E-state index in [9.17, 15) is 4.79 Å². The van der Waals surface area contributed by atoms with E-state index < -0.39 is 0 Å². The van der Waals surface area contributed by atoms with Crippen molar-refractivity contribution in [1.82, 2.24) is 0 Å². The predicted octanol–water partition coefficient (Wildman–Crippen LogP) is 2.83. The van der Waals surface area contributed by atoms with Crippen LogP contribution in [0.4, 0.5) is 0 Å². The molecule has 1 aromatic carbocycles. The van der Waals surface area contributed by atoms with Gasteiger partial charge in [0.15, 0.2) is 0 Å². The van der Waals surface area contributed by atoms with Crippen LogP contribution in [-0.2, 0) is 11.2 Å². The Labute approximate surface area is 99.2 Å². The average Bonchev–Trinajstić information content (AvgIpc) is 2.16. The zero-order valence-electron chi connectivity index (χ0n) is 7.26. The summed E-state index contributed by atoms with van der Waals surface area (Å²) in [6.07, 6.45) is 0.360. The quantitative estimate of drug-likeness (QED) is 0.805. The molecule has 0 atom stereocenters. The molecule has 72 valence electrons. The summed E-state index contributed by atoms with van der Waals surface area (Å²) in [5, 5.41) is 9.06. The molecular formula is C10H7Br2NO. The molecule has 1 aromatic rings. The topological polar surface area (TPSA) is 40.9 Å². The monoisotopic (exact) mass is 315 g/mol.